The minimum atomic E-state index is -0.570. The summed E-state index contributed by atoms with van der Waals surface area (Å²) < 4.78 is 5.20. The van der Waals surface area contributed by atoms with Crippen LogP contribution in [0.4, 0.5) is 0 Å². The Morgan fingerprint density at radius 1 is 1.38 bits per heavy atom. The summed E-state index contributed by atoms with van der Waals surface area (Å²) in [4.78, 5) is 11.5. The predicted molar refractivity (Wildman–Crippen MR) is 58.7 cm³/mol. The van der Waals surface area contributed by atoms with Crippen LogP contribution in [0.15, 0.2) is 0 Å². The van der Waals surface area contributed by atoms with Gasteiger partial charge in [-0.15, -0.1) is 0 Å². The van der Waals surface area contributed by atoms with Crippen LogP contribution in [0, 0.1) is 5.41 Å². The molecule has 0 unspecified atom stereocenters. The monoisotopic (exact) mass is 202 g/mol. The van der Waals surface area contributed by atoms with Gasteiger partial charge in [0.1, 0.15) is 0 Å². The van der Waals surface area contributed by atoms with Gasteiger partial charge in [0.25, 0.3) is 0 Å². The Kier molecular flexibility index (Phi) is 5.29. The van der Waals surface area contributed by atoms with E-state index in [4.69, 9.17) is 4.74 Å². The average molecular weight is 202 g/mol. The smallest absolute Gasteiger partial charge is 0.311 e. The first-order chi connectivity index (χ1) is 5.90. The molecule has 2 nitrogen and oxygen atoms in total. The van der Waals surface area contributed by atoms with Gasteiger partial charge in [0.2, 0.25) is 0 Å². The van der Waals surface area contributed by atoms with Crippen LogP contribution < -0.4 is 0 Å². The Hall–Kier alpha value is -0.313. The molecule has 0 amide bonds. The highest BCUT2D eigenvalue weighted by molar-refractivity contribution is 6.55. The van der Waals surface area contributed by atoms with Crippen LogP contribution in [-0.4, -0.2) is 21.4 Å². The minimum Gasteiger partial charge on any atom is -0.466 e. The highest BCUT2D eigenvalue weighted by Crippen LogP contribution is 2.21. The third kappa shape index (κ3) is 5.08. The molecule has 3 heteroatoms. The van der Waals surface area contributed by atoms with Gasteiger partial charge in [0, 0.05) is 8.80 Å². The molecule has 0 aliphatic carbocycles. The summed E-state index contributed by atoms with van der Waals surface area (Å²) in [6.45, 7) is 11.0. The number of esters is 1. The van der Waals surface area contributed by atoms with E-state index in [9.17, 15) is 4.79 Å². The summed E-state index contributed by atoms with van der Waals surface area (Å²) in [5, 5.41) is 0. The highest BCUT2D eigenvalue weighted by Gasteiger charge is 2.26. The van der Waals surface area contributed by atoms with Crippen molar-refractivity contribution in [1.82, 2.24) is 0 Å². The van der Waals surface area contributed by atoms with Crippen molar-refractivity contribution in [2.75, 3.05) is 6.61 Å². The van der Waals surface area contributed by atoms with Crippen LogP contribution in [0.5, 0.6) is 0 Å². The second-order valence-electron chi connectivity index (χ2n) is 4.56. The van der Waals surface area contributed by atoms with E-state index in [1.54, 1.807) is 0 Å². The molecule has 0 saturated heterocycles. The van der Waals surface area contributed by atoms with E-state index in [2.05, 4.69) is 13.1 Å². The van der Waals surface area contributed by atoms with E-state index in [0.29, 0.717) is 6.61 Å². The lowest BCUT2D eigenvalue weighted by Gasteiger charge is -2.20. The zero-order chi connectivity index (χ0) is 10.5. The van der Waals surface area contributed by atoms with Gasteiger partial charge in [-0.05, 0) is 26.3 Å². The van der Waals surface area contributed by atoms with Crippen LogP contribution in [0.2, 0.25) is 19.1 Å². The van der Waals surface area contributed by atoms with Crippen molar-refractivity contribution in [3.05, 3.63) is 0 Å². The normalized spacial score (nSPS) is 11.8. The molecular weight excluding hydrogens is 180 g/mol. The van der Waals surface area contributed by atoms with E-state index < -0.39 is 8.80 Å². The van der Waals surface area contributed by atoms with E-state index in [-0.39, 0.29) is 11.4 Å². The topological polar surface area (TPSA) is 26.3 Å². The van der Waals surface area contributed by atoms with Gasteiger partial charge in [-0.3, -0.25) is 4.79 Å². The molecule has 0 aromatic rings. The molecule has 0 bridgehead atoms. The van der Waals surface area contributed by atoms with Crippen molar-refractivity contribution in [3.63, 3.8) is 0 Å². The Morgan fingerprint density at radius 2 is 1.92 bits per heavy atom. The lowest BCUT2D eigenvalue weighted by molar-refractivity contribution is -0.153. The van der Waals surface area contributed by atoms with Crippen LogP contribution in [-0.2, 0) is 9.53 Å². The number of ether oxygens (including phenoxy) is 1. The van der Waals surface area contributed by atoms with E-state index in [0.717, 1.165) is 12.5 Å². The molecule has 13 heavy (non-hydrogen) atoms. The largest absolute Gasteiger partial charge is 0.466 e. The molecule has 0 aliphatic heterocycles. The van der Waals surface area contributed by atoms with Crippen LogP contribution in [0.1, 0.15) is 27.2 Å². The molecule has 0 rings (SSSR count). The molecule has 0 N–H and O–H groups in total. The van der Waals surface area contributed by atoms with Gasteiger partial charge < -0.3 is 4.74 Å². The van der Waals surface area contributed by atoms with Crippen LogP contribution >= 0.6 is 0 Å². The van der Waals surface area contributed by atoms with E-state index in [1.165, 1.54) is 0 Å². The summed E-state index contributed by atoms with van der Waals surface area (Å²) in [5.74, 6) is -0.0512. The molecular formula is C10H22O2Si. The number of hydrogen-bond donors (Lipinski definition) is 0. The molecule has 0 fully saturated rings. The van der Waals surface area contributed by atoms with Crippen LogP contribution in [0.25, 0.3) is 0 Å². The lowest BCUT2D eigenvalue weighted by Crippen LogP contribution is -2.26. The minimum absolute atomic E-state index is 0.0512. The Morgan fingerprint density at radius 3 is 2.31 bits per heavy atom. The molecule has 0 spiro atoms. The Balaban J connectivity index is 3.75. The van der Waals surface area contributed by atoms with E-state index >= 15 is 0 Å². The maximum atomic E-state index is 11.5. The van der Waals surface area contributed by atoms with Crippen molar-refractivity contribution in [3.8, 4) is 0 Å². The van der Waals surface area contributed by atoms with Crippen molar-refractivity contribution in [1.29, 1.82) is 0 Å². The van der Waals surface area contributed by atoms with Crippen molar-refractivity contribution in [2.24, 2.45) is 5.41 Å². The van der Waals surface area contributed by atoms with Gasteiger partial charge in [-0.2, -0.15) is 0 Å². The number of rotatable bonds is 5. The number of carbonyl (C=O) groups is 1. The second kappa shape index (κ2) is 5.42. The first-order valence-electron chi connectivity index (χ1n) is 5.07. The maximum Gasteiger partial charge on any atom is 0.311 e. The lowest BCUT2D eigenvalue weighted by atomic mass is 9.91. The predicted octanol–water partition coefficient (Wildman–Crippen LogP) is 2.45. The third-order valence-corrected chi connectivity index (χ3v) is 3.76. The molecule has 0 heterocycles. The summed E-state index contributed by atoms with van der Waals surface area (Å²) in [5.41, 5.74) is -0.307. The van der Waals surface area contributed by atoms with Gasteiger partial charge in [0.05, 0.1) is 12.0 Å². The molecule has 0 aliphatic rings. The van der Waals surface area contributed by atoms with Crippen molar-refractivity contribution < 1.29 is 9.53 Å². The molecule has 0 atom stereocenters. The fraction of sp³-hybridized carbons (Fsp3) is 0.900. The highest BCUT2D eigenvalue weighted by atomic mass is 28.3. The first kappa shape index (κ1) is 12.7. The zero-order valence-electron chi connectivity index (χ0n) is 9.52. The Bertz CT molecular complexity index is 164. The third-order valence-electron chi connectivity index (χ3n) is 2.36. The van der Waals surface area contributed by atoms with Crippen molar-refractivity contribution in [2.45, 2.75) is 46.3 Å². The quantitative estimate of drug-likeness (QED) is 0.505. The maximum absolute atomic E-state index is 11.5. The van der Waals surface area contributed by atoms with E-state index in [1.807, 2.05) is 20.8 Å². The van der Waals surface area contributed by atoms with Gasteiger partial charge in [0.15, 0.2) is 0 Å². The standard InChI is InChI=1S/C10H22O2Si/c1-6-10(2,3)9(11)12-7-8-13(4)5/h13H,6-8H2,1-5H3. The molecule has 0 aromatic carbocycles. The summed E-state index contributed by atoms with van der Waals surface area (Å²) in [6, 6.07) is 1.09. The summed E-state index contributed by atoms with van der Waals surface area (Å²) in [7, 11) is -0.570. The summed E-state index contributed by atoms with van der Waals surface area (Å²) in [6.07, 6.45) is 0.838. The van der Waals surface area contributed by atoms with Gasteiger partial charge >= 0.3 is 5.97 Å². The summed E-state index contributed by atoms with van der Waals surface area (Å²) >= 11 is 0. The van der Waals surface area contributed by atoms with Crippen molar-refractivity contribution >= 4 is 14.8 Å². The Labute approximate surface area is 83.3 Å². The second-order valence-corrected chi connectivity index (χ2v) is 7.92. The molecule has 0 radical (unpaired) electrons. The average Bonchev–Trinajstić information content (AvgIpc) is 2.03. The van der Waals surface area contributed by atoms with Crippen LogP contribution in [0.3, 0.4) is 0 Å². The molecule has 0 aromatic heterocycles. The zero-order valence-corrected chi connectivity index (χ0v) is 10.7. The number of hydrogen-bond acceptors (Lipinski definition) is 2. The SMILES string of the molecule is CCC(C)(C)C(=O)OCC[SiH](C)C. The molecule has 78 valence electrons. The number of carbonyl (C=O) groups excluding carboxylic acids is 1. The fourth-order valence-electron chi connectivity index (χ4n) is 0.727. The van der Waals surface area contributed by atoms with Gasteiger partial charge in [-0.25, -0.2) is 0 Å². The molecule has 0 saturated carbocycles. The fourth-order valence-corrected chi connectivity index (χ4v) is 1.32. The first-order valence-corrected chi connectivity index (χ1v) is 8.20. The van der Waals surface area contributed by atoms with Gasteiger partial charge in [-0.1, -0.05) is 20.0 Å².